The first-order chi connectivity index (χ1) is 11.3. The number of carbonyl (C=O) groups excluding carboxylic acids is 2. The second-order valence-corrected chi connectivity index (χ2v) is 6.75. The zero-order chi connectivity index (χ0) is 17.9. The second kappa shape index (κ2) is 7.51. The Morgan fingerprint density at radius 2 is 1.88 bits per heavy atom. The molecule has 132 valence electrons. The number of rotatable bonds is 6. The fraction of sp³-hybridized carbons (Fsp3) is 0.588. The van der Waals surface area contributed by atoms with Crippen molar-refractivity contribution in [2.45, 2.75) is 40.8 Å². The molecule has 1 aromatic heterocycles. The molecular formula is C17H25N3O4. The summed E-state index contributed by atoms with van der Waals surface area (Å²) in [5, 5.41) is 5.19. The predicted octanol–water partition coefficient (Wildman–Crippen LogP) is 2.29. The first kappa shape index (κ1) is 18.0. The Morgan fingerprint density at radius 1 is 1.25 bits per heavy atom. The van der Waals surface area contributed by atoms with Gasteiger partial charge in [-0.15, -0.1) is 5.10 Å². The van der Waals surface area contributed by atoms with Gasteiger partial charge in [0.15, 0.2) is 5.76 Å². The highest BCUT2D eigenvalue weighted by atomic mass is 16.6. The molecule has 0 bridgehead atoms. The fourth-order valence-electron chi connectivity index (χ4n) is 2.52. The van der Waals surface area contributed by atoms with Crippen LogP contribution in [0.1, 0.15) is 40.4 Å². The van der Waals surface area contributed by atoms with Crippen LogP contribution < -0.4 is 0 Å². The van der Waals surface area contributed by atoms with Gasteiger partial charge >= 0.3 is 0 Å². The van der Waals surface area contributed by atoms with Crippen LogP contribution >= 0.6 is 0 Å². The molecule has 0 aromatic carbocycles. The van der Waals surface area contributed by atoms with Gasteiger partial charge in [-0.25, -0.2) is 0 Å². The van der Waals surface area contributed by atoms with Gasteiger partial charge in [0.25, 0.3) is 18.0 Å². The highest BCUT2D eigenvalue weighted by molar-refractivity contribution is 5.98. The minimum atomic E-state index is -1.08. The van der Waals surface area contributed by atoms with Gasteiger partial charge in [-0.1, -0.05) is 27.7 Å². The molecule has 0 N–H and O–H groups in total. The maximum Gasteiger partial charge on any atom is 0.287 e. The summed E-state index contributed by atoms with van der Waals surface area (Å²) in [5.74, 6) is 0.524. The molecule has 2 amide bonds. The van der Waals surface area contributed by atoms with E-state index in [4.69, 9.17) is 9.15 Å². The average Bonchev–Trinajstić information content (AvgIpc) is 3.13. The molecule has 0 saturated carbocycles. The molecule has 1 aliphatic rings. The van der Waals surface area contributed by atoms with Crippen LogP contribution in [0.4, 0.5) is 0 Å². The Bertz CT molecular complexity index is 597. The average molecular weight is 335 g/mol. The van der Waals surface area contributed by atoms with E-state index in [2.05, 4.69) is 5.10 Å². The quantitative estimate of drug-likeness (QED) is 0.799. The Hall–Kier alpha value is -2.31. The molecule has 2 rings (SSSR count). The lowest BCUT2D eigenvalue weighted by Gasteiger charge is -2.30. The van der Waals surface area contributed by atoms with Crippen molar-refractivity contribution < 1.29 is 18.7 Å². The van der Waals surface area contributed by atoms with E-state index >= 15 is 0 Å². The standard InChI is InChI=1S/C17H25N3O4/c1-11(2)9-19(10-12(3)4)16(22)17-20(13(5)21)18-15(24-17)14-7-6-8-23-14/h6-8,11-12,17H,9-10H2,1-5H3. The smallest absolute Gasteiger partial charge is 0.287 e. The number of amides is 2. The third kappa shape index (κ3) is 4.15. The van der Waals surface area contributed by atoms with Crippen LogP contribution in [0.3, 0.4) is 0 Å². The van der Waals surface area contributed by atoms with Gasteiger partial charge < -0.3 is 14.1 Å². The summed E-state index contributed by atoms with van der Waals surface area (Å²) in [6.07, 6.45) is 0.401. The number of ether oxygens (including phenoxy) is 1. The highest BCUT2D eigenvalue weighted by Crippen LogP contribution is 2.20. The summed E-state index contributed by atoms with van der Waals surface area (Å²) in [4.78, 5) is 26.6. The minimum absolute atomic E-state index is 0.141. The molecule has 24 heavy (non-hydrogen) atoms. The maximum absolute atomic E-state index is 12.9. The summed E-state index contributed by atoms with van der Waals surface area (Å²) >= 11 is 0. The summed E-state index contributed by atoms with van der Waals surface area (Å²) < 4.78 is 10.9. The number of nitrogens with zero attached hydrogens (tertiary/aromatic N) is 3. The van der Waals surface area contributed by atoms with E-state index in [0.29, 0.717) is 30.7 Å². The summed E-state index contributed by atoms with van der Waals surface area (Å²) in [7, 11) is 0. The van der Waals surface area contributed by atoms with Gasteiger partial charge in [-0.3, -0.25) is 9.59 Å². The van der Waals surface area contributed by atoms with Crippen molar-refractivity contribution in [2.75, 3.05) is 13.1 Å². The van der Waals surface area contributed by atoms with Crippen LogP contribution in [0.25, 0.3) is 0 Å². The zero-order valence-electron chi connectivity index (χ0n) is 14.9. The normalized spacial score (nSPS) is 17.2. The number of hydrazone groups is 1. The van der Waals surface area contributed by atoms with E-state index < -0.39 is 6.23 Å². The molecule has 0 spiro atoms. The molecule has 0 fully saturated rings. The summed E-state index contributed by atoms with van der Waals surface area (Å²) in [6, 6.07) is 3.36. The number of hydrogen-bond acceptors (Lipinski definition) is 5. The molecule has 1 aliphatic heterocycles. The van der Waals surface area contributed by atoms with Crippen LogP contribution in [0, 0.1) is 11.8 Å². The lowest BCUT2D eigenvalue weighted by Crippen LogP contribution is -2.49. The number of furan rings is 1. The lowest BCUT2D eigenvalue weighted by atomic mass is 10.1. The first-order valence-electron chi connectivity index (χ1n) is 8.17. The van der Waals surface area contributed by atoms with E-state index in [1.54, 1.807) is 17.0 Å². The van der Waals surface area contributed by atoms with Crippen molar-refractivity contribution >= 4 is 17.7 Å². The van der Waals surface area contributed by atoms with E-state index in [1.165, 1.54) is 13.2 Å². The summed E-state index contributed by atoms with van der Waals surface area (Å²) in [6.45, 7) is 10.7. The van der Waals surface area contributed by atoms with Crippen LogP contribution in [0.5, 0.6) is 0 Å². The zero-order valence-corrected chi connectivity index (χ0v) is 14.9. The van der Waals surface area contributed by atoms with Crippen molar-refractivity contribution in [1.29, 1.82) is 0 Å². The van der Waals surface area contributed by atoms with Crippen molar-refractivity contribution in [3.8, 4) is 0 Å². The molecule has 2 heterocycles. The molecule has 0 saturated heterocycles. The Morgan fingerprint density at radius 3 is 2.33 bits per heavy atom. The van der Waals surface area contributed by atoms with Gasteiger partial charge in [0.05, 0.1) is 6.26 Å². The van der Waals surface area contributed by atoms with Gasteiger partial charge in [-0.05, 0) is 24.0 Å². The summed E-state index contributed by atoms with van der Waals surface area (Å²) in [5.41, 5.74) is 0. The second-order valence-electron chi connectivity index (χ2n) is 6.75. The van der Waals surface area contributed by atoms with Crippen molar-refractivity contribution in [1.82, 2.24) is 9.91 Å². The van der Waals surface area contributed by atoms with Crippen LogP contribution in [-0.2, 0) is 14.3 Å². The highest BCUT2D eigenvalue weighted by Gasteiger charge is 2.40. The number of carbonyl (C=O) groups is 2. The van der Waals surface area contributed by atoms with Crippen LogP contribution in [-0.4, -0.2) is 46.9 Å². The minimum Gasteiger partial charge on any atom is -0.459 e. The molecule has 1 atom stereocenters. The Balaban J connectivity index is 2.21. The third-order valence-corrected chi connectivity index (χ3v) is 3.39. The predicted molar refractivity (Wildman–Crippen MR) is 88.9 cm³/mol. The molecule has 0 aliphatic carbocycles. The molecule has 0 radical (unpaired) electrons. The Kier molecular flexibility index (Phi) is 5.64. The van der Waals surface area contributed by atoms with E-state index in [0.717, 1.165) is 5.01 Å². The SMILES string of the molecule is CC(=O)N1N=C(c2ccco2)OC1C(=O)N(CC(C)C)CC(C)C. The van der Waals surface area contributed by atoms with E-state index in [1.807, 2.05) is 27.7 Å². The monoisotopic (exact) mass is 335 g/mol. The largest absolute Gasteiger partial charge is 0.459 e. The molecule has 1 unspecified atom stereocenters. The van der Waals surface area contributed by atoms with Gasteiger partial charge in [0.1, 0.15) is 0 Å². The Labute approximate surface area is 142 Å². The molecule has 7 heteroatoms. The first-order valence-corrected chi connectivity index (χ1v) is 8.17. The molecule has 1 aromatic rings. The maximum atomic E-state index is 12.9. The van der Waals surface area contributed by atoms with E-state index in [9.17, 15) is 9.59 Å². The van der Waals surface area contributed by atoms with Crippen molar-refractivity contribution in [3.63, 3.8) is 0 Å². The van der Waals surface area contributed by atoms with Crippen molar-refractivity contribution in [2.24, 2.45) is 16.9 Å². The van der Waals surface area contributed by atoms with Crippen LogP contribution in [0.2, 0.25) is 0 Å². The molecular weight excluding hydrogens is 310 g/mol. The fourth-order valence-corrected chi connectivity index (χ4v) is 2.52. The van der Waals surface area contributed by atoms with Crippen LogP contribution in [0.15, 0.2) is 27.9 Å². The lowest BCUT2D eigenvalue weighted by molar-refractivity contribution is -0.154. The van der Waals surface area contributed by atoms with Gasteiger partial charge in [0.2, 0.25) is 5.91 Å². The van der Waals surface area contributed by atoms with Gasteiger partial charge in [-0.2, -0.15) is 5.01 Å². The topological polar surface area (TPSA) is 75.4 Å². The van der Waals surface area contributed by atoms with Crippen molar-refractivity contribution in [3.05, 3.63) is 24.2 Å². The van der Waals surface area contributed by atoms with Gasteiger partial charge in [0, 0.05) is 20.0 Å². The number of hydrogen-bond donors (Lipinski definition) is 0. The van der Waals surface area contributed by atoms with E-state index in [-0.39, 0.29) is 17.7 Å². The third-order valence-electron chi connectivity index (χ3n) is 3.39. The molecule has 7 nitrogen and oxygen atoms in total.